The van der Waals surface area contributed by atoms with Crippen molar-refractivity contribution in [1.29, 1.82) is 0 Å². The Morgan fingerprint density at radius 1 is 1.16 bits per heavy atom. The minimum absolute atomic E-state index is 0.0736. The fraction of sp³-hybridized carbons (Fsp3) is 0.318. The van der Waals surface area contributed by atoms with Gasteiger partial charge in [0, 0.05) is 5.56 Å². The number of aryl methyl sites for hydroxylation is 1. The Kier molecular flexibility index (Phi) is 4.87. The van der Waals surface area contributed by atoms with Crippen LogP contribution in [0.25, 0.3) is 10.8 Å². The van der Waals surface area contributed by atoms with Crippen LogP contribution in [0.4, 0.5) is 0 Å². The number of carbonyl (C=O) groups excluding carboxylic acids is 3. The van der Waals surface area contributed by atoms with Crippen molar-refractivity contribution in [3.8, 4) is 11.5 Å². The van der Waals surface area contributed by atoms with Gasteiger partial charge >= 0.3 is 5.97 Å². The predicted octanol–water partition coefficient (Wildman–Crippen LogP) is 0.558. The molecule has 4 rings (SSSR count). The third-order valence-corrected chi connectivity index (χ3v) is 6.25. The van der Waals surface area contributed by atoms with Gasteiger partial charge in [0.1, 0.15) is 40.6 Å². The molecule has 0 saturated heterocycles. The molecule has 0 aromatic heterocycles. The number of hydrogen-bond acceptors (Lipinski definition) is 9. The zero-order chi connectivity index (χ0) is 23.6. The number of carbonyl (C=O) groups is 3. The van der Waals surface area contributed by atoms with Gasteiger partial charge in [-0.05, 0) is 38.0 Å². The smallest absolute Gasteiger partial charge is 0.343 e. The first-order valence-corrected chi connectivity index (χ1v) is 9.78. The van der Waals surface area contributed by atoms with E-state index in [1.165, 1.54) is 11.0 Å². The van der Waals surface area contributed by atoms with Gasteiger partial charge in [-0.25, -0.2) is 4.79 Å². The molecule has 2 aromatic rings. The molecule has 0 fully saturated rings. The lowest BCUT2D eigenvalue weighted by molar-refractivity contribution is -0.136. The van der Waals surface area contributed by atoms with Crippen LogP contribution in [0.1, 0.15) is 27.6 Å². The number of phenolic OH excluding ortho intramolecular Hbond substituents is 2. The number of amides is 1. The summed E-state index contributed by atoms with van der Waals surface area (Å²) in [6.45, 7) is 1.65. The number of benzene rings is 2. The second-order valence-electron chi connectivity index (χ2n) is 8.21. The maximum atomic E-state index is 12.8. The maximum Gasteiger partial charge on any atom is 0.343 e. The average Bonchev–Trinajstić information content (AvgIpc) is 3.05. The second kappa shape index (κ2) is 7.21. The number of aliphatic hydroxyl groups excluding tert-OH is 2. The monoisotopic (exact) mass is 442 g/mol. The van der Waals surface area contributed by atoms with Gasteiger partial charge in [-0.15, -0.1) is 0 Å². The zero-order valence-corrected chi connectivity index (χ0v) is 17.5. The quantitative estimate of drug-likeness (QED) is 0.336. The Morgan fingerprint density at radius 3 is 2.41 bits per heavy atom. The van der Waals surface area contributed by atoms with E-state index >= 15 is 0 Å². The topological polar surface area (TPSA) is 171 Å². The second-order valence-corrected chi connectivity index (χ2v) is 8.21. The van der Waals surface area contributed by atoms with Crippen molar-refractivity contribution >= 4 is 28.4 Å². The summed E-state index contributed by atoms with van der Waals surface area (Å²) >= 11 is 0. The molecule has 4 atom stereocenters. The molecule has 2 aliphatic rings. The van der Waals surface area contributed by atoms with Crippen LogP contribution >= 0.6 is 0 Å². The molecule has 10 nitrogen and oxygen atoms in total. The molecule has 0 spiro atoms. The number of aliphatic hydroxyl groups is 2. The number of rotatable bonds is 3. The Hall–Kier alpha value is -3.63. The zero-order valence-electron chi connectivity index (χ0n) is 17.5. The van der Waals surface area contributed by atoms with E-state index in [0.717, 1.165) is 0 Å². The van der Waals surface area contributed by atoms with E-state index in [-0.39, 0.29) is 22.3 Å². The van der Waals surface area contributed by atoms with Crippen molar-refractivity contribution in [2.24, 2.45) is 11.7 Å². The van der Waals surface area contributed by atoms with E-state index in [1.807, 2.05) is 0 Å². The Labute approximate surface area is 182 Å². The third kappa shape index (κ3) is 2.76. The lowest BCUT2D eigenvalue weighted by Gasteiger charge is -2.40. The number of likely N-dealkylation sites (N-methyl/N-ethyl adjacent to an activating group) is 1. The van der Waals surface area contributed by atoms with Crippen LogP contribution in [0, 0.1) is 12.8 Å². The number of esters is 1. The van der Waals surface area contributed by atoms with E-state index in [9.17, 15) is 34.8 Å². The minimum atomic E-state index is -1.83. The molecule has 1 aliphatic carbocycles. The molecular weight excluding hydrogens is 420 g/mol. The highest BCUT2D eigenvalue weighted by Gasteiger charge is 2.54. The van der Waals surface area contributed by atoms with Crippen LogP contribution in [0.2, 0.25) is 0 Å². The first-order valence-electron chi connectivity index (χ1n) is 9.78. The van der Waals surface area contributed by atoms with Gasteiger partial charge in [-0.3, -0.25) is 14.5 Å². The van der Waals surface area contributed by atoms with Crippen LogP contribution in [0.5, 0.6) is 11.5 Å². The van der Waals surface area contributed by atoms with Crippen molar-refractivity contribution in [3.63, 3.8) is 0 Å². The number of primary amides is 1. The molecule has 1 amide bonds. The molecule has 1 aliphatic heterocycles. The Morgan fingerprint density at radius 2 is 1.81 bits per heavy atom. The Balaban J connectivity index is 1.99. The summed E-state index contributed by atoms with van der Waals surface area (Å²) in [7, 11) is 3.10. The van der Waals surface area contributed by atoms with Crippen molar-refractivity contribution in [3.05, 3.63) is 46.2 Å². The summed E-state index contributed by atoms with van der Waals surface area (Å²) in [5.74, 6) is -5.73. The van der Waals surface area contributed by atoms with E-state index in [1.54, 1.807) is 33.2 Å². The molecule has 0 radical (unpaired) electrons. The number of ketones is 1. The van der Waals surface area contributed by atoms with E-state index in [4.69, 9.17) is 10.5 Å². The maximum absolute atomic E-state index is 12.8. The van der Waals surface area contributed by atoms with Crippen molar-refractivity contribution < 1.29 is 39.5 Å². The highest BCUT2D eigenvalue weighted by Crippen LogP contribution is 2.51. The van der Waals surface area contributed by atoms with E-state index < -0.39 is 58.9 Å². The molecule has 2 unspecified atom stereocenters. The highest BCUT2D eigenvalue weighted by molar-refractivity contribution is 6.21. The SMILES string of the molecule is Cc1c2c(c(O)c3c(O)cccc13)C(=O)OC2[C@@H]1C(N(C)C)C(O)=C(C(N)=O)C(=O)[C@H]1O. The van der Waals surface area contributed by atoms with Gasteiger partial charge in [0.2, 0.25) is 5.78 Å². The molecule has 0 bridgehead atoms. The fourth-order valence-corrected chi connectivity index (χ4v) is 4.87. The number of nitrogens with zero attached hydrogens (tertiary/aromatic N) is 1. The number of Topliss-reactive ketones (excluding diaryl/α,β-unsaturated/α-hetero) is 1. The number of cyclic esters (lactones) is 1. The molecule has 1 heterocycles. The van der Waals surface area contributed by atoms with Crippen LogP contribution in [0.3, 0.4) is 0 Å². The van der Waals surface area contributed by atoms with Gasteiger partial charge in [0.25, 0.3) is 5.91 Å². The van der Waals surface area contributed by atoms with Gasteiger partial charge < -0.3 is 30.9 Å². The van der Waals surface area contributed by atoms with E-state index in [0.29, 0.717) is 10.9 Å². The first kappa shape index (κ1) is 21.6. The summed E-state index contributed by atoms with van der Waals surface area (Å²) in [4.78, 5) is 38.7. The highest BCUT2D eigenvalue weighted by atomic mass is 16.6. The fourth-order valence-electron chi connectivity index (χ4n) is 4.87. The van der Waals surface area contributed by atoms with E-state index in [2.05, 4.69) is 0 Å². The van der Waals surface area contributed by atoms with Gasteiger partial charge in [-0.2, -0.15) is 0 Å². The van der Waals surface area contributed by atoms with Crippen LogP contribution < -0.4 is 5.73 Å². The van der Waals surface area contributed by atoms with Crippen molar-refractivity contribution in [2.45, 2.75) is 25.2 Å². The van der Waals surface area contributed by atoms with Gasteiger partial charge in [0.15, 0.2) is 0 Å². The number of phenols is 2. The standard InChI is InChI=1S/C22H22N2O8/c1-7-8-5-4-6-9(25)11(8)16(26)12-10(7)20(32-22(12)31)13-15(24(2)3)17(27)14(21(23)30)19(29)18(13)28/h4-6,13,15,18,20,25-28H,1-3H3,(H2,23,30)/t13-,15?,18+,20?/m1/s1. The van der Waals surface area contributed by atoms with Crippen LogP contribution in [0.15, 0.2) is 29.5 Å². The number of aromatic hydroxyl groups is 2. The van der Waals surface area contributed by atoms with Crippen molar-refractivity contribution in [1.82, 2.24) is 4.90 Å². The molecule has 0 saturated carbocycles. The lowest BCUT2D eigenvalue weighted by Crippen LogP contribution is -2.54. The van der Waals surface area contributed by atoms with Gasteiger partial charge in [-0.1, -0.05) is 12.1 Å². The molecule has 10 heteroatoms. The number of ether oxygens (including phenoxy) is 1. The number of fused-ring (bicyclic) bond motifs is 2. The molecule has 6 N–H and O–H groups in total. The summed E-state index contributed by atoms with van der Waals surface area (Å²) < 4.78 is 5.52. The average molecular weight is 442 g/mol. The first-order chi connectivity index (χ1) is 15.0. The van der Waals surface area contributed by atoms with Crippen LogP contribution in [-0.4, -0.2) is 69.2 Å². The molecular formula is C22H22N2O8. The largest absolute Gasteiger partial charge is 0.510 e. The number of hydrogen-bond donors (Lipinski definition) is 5. The van der Waals surface area contributed by atoms with Gasteiger partial charge in [0.05, 0.1) is 17.3 Å². The molecule has 2 aromatic carbocycles. The Bertz CT molecular complexity index is 1230. The molecule has 168 valence electrons. The minimum Gasteiger partial charge on any atom is -0.510 e. The molecule has 32 heavy (non-hydrogen) atoms. The summed E-state index contributed by atoms with van der Waals surface area (Å²) in [6.07, 6.45) is -3.07. The summed E-state index contributed by atoms with van der Waals surface area (Å²) in [5.41, 5.74) is 5.05. The lowest BCUT2D eigenvalue weighted by atomic mass is 9.74. The third-order valence-electron chi connectivity index (χ3n) is 6.25. The normalized spacial score (nSPS) is 25.4. The van der Waals surface area contributed by atoms with Crippen molar-refractivity contribution in [2.75, 3.05) is 14.1 Å². The summed E-state index contributed by atoms with van der Waals surface area (Å²) in [5, 5.41) is 43.1. The van der Waals surface area contributed by atoms with Crippen LogP contribution in [-0.2, 0) is 14.3 Å². The number of nitrogens with two attached hydrogens (primary N) is 1. The summed E-state index contributed by atoms with van der Waals surface area (Å²) in [6, 6.07) is 3.47. The predicted molar refractivity (Wildman–Crippen MR) is 111 cm³/mol.